The van der Waals surface area contributed by atoms with Crippen LogP contribution in [0.2, 0.25) is 0 Å². The first kappa shape index (κ1) is 22.4. The van der Waals surface area contributed by atoms with Crippen LogP contribution in [0.1, 0.15) is 49.6 Å². The largest absolute Gasteiger partial charge is 0.473 e. The quantitative estimate of drug-likeness (QED) is 0.518. The zero-order chi connectivity index (χ0) is 23.6. The van der Waals surface area contributed by atoms with Crippen LogP contribution in [-0.4, -0.2) is 34.7 Å². The van der Waals surface area contributed by atoms with E-state index in [1.807, 2.05) is 58.0 Å². The zero-order valence-electron chi connectivity index (χ0n) is 19.3. The van der Waals surface area contributed by atoms with Crippen LogP contribution in [0.3, 0.4) is 0 Å². The maximum absolute atomic E-state index is 12.3. The third-order valence-corrected chi connectivity index (χ3v) is 5.40. The van der Waals surface area contributed by atoms with E-state index in [0.717, 1.165) is 27.8 Å². The first-order chi connectivity index (χ1) is 15.7. The molecule has 0 aliphatic carbocycles. The van der Waals surface area contributed by atoms with Crippen LogP contribution in [0.5, 0.6) is 5.88 Å². The minimum Gasteiger partial charge on any atom is -0.473 e. The van der Waals surface area contributed by atoms with Gasteiger partial charge in [0, 0.05) is 30.1 Å². The van der Waals surface area contributed by atoms with Crippen LogP contribution in [0.25, 0.3) is 16.5 Å². The third-order valence-electron chi connectivity index (χ3n) is 5.40. The molecule has 0 spiro atoms. The minimum atomic E-state index is -0.511. The molecule has 3 aromatic rings. The molecule has 1 aromatic carbocycles. The molecule has 3 heterocycles. The molecule has 7 heteroatoms. The molecule has 2 aromatic heterocycles. The number of hydrogen-bond donors (Lipinski definition) is 0. The molecule has 0 saturated heterocycles. The van der Waals surface area contributed by atoms with E-state index in [9.17, 15) is 10.1 Å². The lowest BCUT2D eigenvalue weighted by Crippen LogP contribution is -2.39. The summed E-state index contributed by atoms with van der Waals surface area (Å²) >= 11 is 0. The molecule has 1 amide bonds. The van der Waals surface area contributed by atoms with Gasteiger partial charge in [-0.2, -0.15) is 5.26 Å². The summed E-state index contributed by atoms with van der Waals surface area (Å²) in [7, 11) is 0. The van der Waals surface area contributed by atoms with Gasteiger partial charge in [0.15, 0.2) is 0 Å². The lowest BCUT2D eigenvalue weighted by atomic mass is 10.0. The van der Waals surface area contributed by atoms with E-state index < -0.39 is 5.60 Å². The van der Waals surface area contributed by atoms with E-state index in [1.54, 1.807) is 17.2 Å². The van der Waals surface area contributed by atoms with Crippen LogP contribution >= 0.6 is 0 Å². The summed E-state index contributed by atoms with van der Waals surface area (Å²) in [6, 6.07) is 11.5. The zero-order valence-corrected chi connectivity index (χ0v) is 19.3. The number of fused-ring (bicyclic) bond motifs is 1. The molecule has 170 valence electrons. The number of rotatable bonds is 4. The third kappa shape index (κ3) is 5.01. The van der Waals surface area contributed by atoms with Crippen molar-refractivity contribution >= 4 is 22.6 Å². The predicted octanol–water partition coefficient (Wildman–Crippen LogP) is 5.61. The average Bonchev–Trinajstić information content (AvgIpc) is 3.19. The fourth-order valence-corrected chi connectivity index (χ4v) is 3.78. The Hall–Kier alpha value is -3.79. The molecule has 1 aliphatic rings. The van der Waals surface area contributed by atoms with Gasteiger partial charge in [0.25, 0.3) is 0 Å². The van der Waals surface area contributed by atoms with Crippen LogP contribution in [0.15, 0.2) is 47.1 Å². The van der Waals surface area contributed by atoms with Crippen molar-refractivity contribution in [3.05, 3.63) is 65.1 Å². The van der Waals surface area contributed by atoms with Gasteiger partial charge in [0.1, 0.15) is 17.8 Å². The summed E-state index contributed by atoms with van der Waals surface area (Å²) in [6.45, 7) is 8.85. The van der Waals surface area contributed by atoms with E-state index >= 15 is 0 Å². The molecule has 0 atom stereocenters. The van der Waals surface area contributed by atoms with Crippen molar-refractivity contribution in [3.8, 4) is 11.9 Å². The molecule has 0 N–H and O–H groups in total. The second-order valence-corrected chi connectivity index (χ2v) is 9.06. The number of benzene rings is 1. The number of nitriles is 1. The van der Waals surface area contributed by atoms with Gasteiger partial charge >= 0.3 is 6.09 Å². The number of aromatic nitrogens is 1. The van der Waals surface area contributed by atoms with Gasteiger partial charge in [-0.15, -0.1) is 0 Å². The van der Waals surface area contributed by atoms with E-state index in [-0.39, 0.29) is 12.7 Å². The van der Waals surface area contributed by atoms with Gasteiger partial charge in [-0.05, 0) is 57.4 Å². The monoisotopic (exact) mass is 445 g/mol. The number of aryl methyl sites for hydroxylation is 1. The predicted molar refractivity (Wildman–Crippen MR) is 125 cm³/mol. The van der Waals surface area contributed by atoms with Gasteiger partial charge in [-0.1, -0.05) is 18.2 Å². The van der Waals surface area contributed by atoms with Crippen molar-refractivity contribution in [2.45, 2.75) is 46.3 Å². The highest BCUT2D eigenvalue weighted by Crippen LogP contribution is 2.29. The Bertz CT molecular complexity index is 1260. The Balaban J connectivity index is 1.45. The van der Waals surface area contributed by atoms with Crippen molar-refractivity contribution in [1.82, 2.24) is 9.88 Å². The van der Waals surface area contributed by atoms with Crippen LogP contribution in [0.4, 0.5) is 4.79 Å². The van der Waals surface area contributed by atoms with Crippen molar-refractivity contribution < 1.29 is 18.7 Å². The van der Waals surface area contributed by atoms with E-state index in [4.69, 9.17) is 13.9 Å². The molecule has 1 aliphatic heterocycles. The topological polar surface area (TPSA) is 88.6 Å². The van der Waals surface area contributed by atoms with Crippen molar-refractivity contribution in [1.29, 1.82) is 5.26 Å². The Morgan fingerprint density at radius 1 is 1.27 bits per heavy atom. The standard InChI is InChI=1S/C26H27N3O4/c1-17-15-32-24-20(9-8-19(14-27)23(17)24)16-31-22-7-5-6-21(28-22)18-10-12-29(13-11-18)25(30)33-26(2,3)4/h5-10,15H,11-13,16H2,1-4H3. The maximum atomic E-state index is 12.3. The molecular weight excluding hydrogens is 418 g/mol. The van der Waals surface area contributed by atoms with Gasteiger partial charge in [0.2, 0.25) is 5.88 Å². The number of furan rings is 1. The summed E-state index contributed by atoms with van der Waals surface area (Å²) in [5, 5.41) is 10.2. The first-order valence-corrected chi connectivity index (χ1v) is 10.9. The number of carbonyl (C=O) groups excluding carboxylic acids is 1. The highest BCUT2D eigenvalue weighted by Gasteiger charge is 2.24. The van der Waals surface area contributed by atoms with Gasteiger partial charge in [-0.3, -0.25) is 0 Å². The summed E-state index contributed by atoms with van der Waals surface area (Å²) in [4.78, 5) is 18.6. The molecule has 0 radical (unpaired) electrons. The fraction of sp³-hybridized carbons (Fsp3) is 0.346. The average molecular weight is 446 g/mol. The number of ether oxygens (including phenoxy) is 2. The number of amides is 1. The molecule has 0 saturated carbocycles. The van der Waals surface area contributed by atoms with Crippen molar-refractivity contribution in [3.63, 3.8) is 0 Å². The number of hydrogen-bond acceptors (Lipinski definition) is 6. The molecular formula is C26H27N3O4. The summed E-state index contributed by atoms with van der Waals surface area (Å²) in [5.41, 5.74) is 4.42. The SMILES string of the molecule is Cc1coc2c(COc3cccc(C4=CCN(C(=O)OC(C)(C)C)CC4)n3)ccc(C#N)c12. The molecule has 0 fully saturated rings. The van der Waals surface area contributed by atoms with Crippen molar-refractivity contribution in [2.24, 2.45) is 0 Å². The Kier molecular flexibility index (Phi) is 6.10. The molecule has 7 nitrogen and oxygen atoms in total. The Labute approximate surface area is 193 Å². The van der Waals surface area contributed by atoms with Crippen molar-refractivity contribution in [2.75, 3.05) is 13.1 Å². The van der Waals surface area contributed by atoms with E-state index in [1.165, 1.54) is 0 Å². The van der Waals surface area contributed by atoms with Crippen LogP contribution < -0.4 is 4.74 Å². The normalized spacial score (nSPS) is 14.0. The number of carbonyl (C=O) groups is 1. The Morgan fingerprint density at radius 3 is 2.79 bits per heavy atom. The molecule has 33 heavy (non-hydrogen) atoms. The first-order valence-electron chi connectivity index (χ1n) is 10.9. The van der Waals surface area contributed by atoms with E-state index in [0.29, 0.717) is 36.5 Å². The second-order valence-electron chi connectivity index (χ2n) is 9.06. The number of nitrogens with zero attached hydrogens (tertiary/aromatic N) is 3. The summed E-state index contributed by atoms with van der Waals surface area (Å²) in [6.07, 6.45) is 4.06. The van der Waals surface area contributed by atoms with Gasteiger partial charge in [0.05, 0.1) is 23.6 Å². The highest BCUT2D eigenvalue weighted by atomic mass is 16.6. The van der Waals surface area contributed by atoms with Gasteiger partial charge in [-0.25, -0.2) is 9.78 Å². The van der Waals surface area contributed by atoms with E-state index in [2.05, 4.69) is 11.1 Å². The highest BCUT2D eigenvalue weighted by molar-refractivity contribution is 5.89. The summed E-state index contributed by atoms with van der Waals surface area (Å²) < 4.78 is 17.1. The Morgan fingerprint density at radius 2 is 2.09 bits per heavy atom. The van der Waals surface area contributed by atoms with Crippen LogP contribution in [0, 0.1) is 18.3 Å². The molecule has 4 rings (SSSR count). The molecule has 0 unspecified atom stereocenters. The van der Waals surface area contributed by atoms with Crippen LogP contribution in [-0.2, 0) is 11.3 Å². The second kappa shape index (κ2) is 8.99. The molecule has 0 bridgehead atoms. The lowest BCUT2D eigenvalue weighted by molar-refractivity contribution is 0.0270. The maximum Gasteiger partial charge on any atom is 0.410 e. The smallest absolute Gasteiger partial charge is 0.410 e. The van der Waals surface area contributed by atoms with Gasteiger partial charge < -0.3 is 18.8 Å². The fourth-order valence-electron chi connectivity index (χ4n) is 3.78. The minimum absolute atomic E-state index is 0.275. The summed E-state index contributed by atoms with van der Waals surface area (Å²) in [5.74, 6) is 0.503. The number of pyridine rings is 1. The lowest BCUT2D eigenvalue weighted by Gasteiger charge is -2.29.